The van der Waals surface area contributed by atoms with Crippen LogP contribution < -0.4 is 10.6 Å². The molecular formula is C25H27ClFN5O3. The summed E-state index contributed by atoms with van der Waals surface area (Å²) in [5.41, 5.74) is 1.41. The van der Waals surface area contributed by atoms with Crippen molar-refractivity contribution in [3.63, 3.8) is 0 Å². The van der Waals surface area contributed by atoms with Crippen molar-refractivity contribution in [2.45, 2.75) is 32.9 Å². The molecule has 2 heterocycles. The number of benzene rings is 1. The summed E-state index contributed by atoms with van der Waals surface area (Å²) in [7, 11) is 0. The molecule has 3 N–H and O–H groups in total. The lowest BCUT2D eigenvalue weighted by atomic mass is 10.1. The number of pyridine rings is 1. The molecule has 0 radical (unpaired) electrons. The average Bonchev–Trinajstić information content (AvgIpc) is 3.28. The second kappa shape index (κ2) is 11.2. The minimum atomic E-state index is -0.749. The molecule has 0 saturated carbocycles. The molecule has 1 unspecified atom stereocenters. The predicted molar refractivity (Wildman–Crippen MR) is 132 cm³/mol. The Bertz CT molecular complexity index is 1190. The number of likely N-dealkylation sites (tertiary alicyclic amines) is 1. The Labute approximate surface area is 208 Å². The fraction of sp³-hybridized carbons (Fsp3) is 0.320. The molecule has 0 aliphatic carbocycles. The molecule has 184 valence electrons. The maximum absolute atomic E-state index is 14.2. The molecule has 3 rings (SSSR count). The zero-order valence-corrected chi connectivity index (χ0v) is 20.3. The highest BCUT2D eigenvalue weighted by Gasteiger charge is 2.38. The smallest absolute Gasteiger partial charge is 0.243 e. The van der Waals surface area contributed by atoms with Crippen LogP contribution in [0.1, 0.15) is 30.2 Å². The number of rotatable bonds is 9. The number of hydrogen-bond donors (Lipinski definition) is 3. The fourth-order valence-electron chi connectivity index (χ4n) is 3.92. The van der Waals surface area contributed by atoms with Crippen molar-refractivity contribution < 1.29 is 18.8 Å². The van der Waals surface area contributed by atoms with Gasteiger partial charge in [-0.15, -0.1) is 6.58 Å². The molecule has 35 heavy (non-hydrogen) atoms. The minimum absolute atomic E-state index is 0.0324. The Morgan fingerprint density at radius 2 is 2.11 bits per heavy atom. The summed E-state index contributed by atoms with van der Waals surface area (Å²) in [6, 6.07) is 5.40. The number of nitrogens with one attached hydrogen (secondary N) is 3. The number of aryl methyl sites for hydroxylation is 1. The monoisotopic (exact) mass is 499 g/mol. The Kier molecular flexibility index (Phi) is 8.34. The molecule has 10 heteroatoms. The van der Waals surface area contributed by atoms with Gasteiger partial charge in [-0.2, -0.15) is 0 Å². The Balaban J connectivity index is 1.70. The van der Waals surface area contributed by atoms with Crippen LogP contribution in [0.25, 0.3) is 0 Å². The van der Waals surface area contributed by atoms with E-state index < -0.39 is 23.5 Å². The van der Waals surface area contributed by atoms with Crippen molar-refractivity contribution in [3.8, 4) is 0 Å². The number of anilines is 1. The van der Waals surface area contributed by atoms with Gasteiger partial charge < -0.3 is 15.5 Å². The van der Waals surface area contributed by atoms with Gasteiger partial charge in [0.05, 0.1) is 23.5 Å². The topological polar surface area (TPSA) is 115 Å². The molecule has 0 bridgehead atoms. The van der Waals surface area contributed by atoms with Crippen LogP contribution in [-0.2, 0) is 20.9 Å². The highest BCUT2D eigenvalue weighted by Crippen LogP contribution is 2.25. The Morgan fingerprint density at radius 3 is 2.80 bits per heavy atom. The first-order valence-corrected chi connectivity index (χ1v) is 11.4. The van der Waals surface area contributed by atoms with Gasteiger partial charge >= 0.3 is 0 Å². The van der Waals surface area contributed by atoms with Gasteiger partial charge in [0.15, 0.2) is 5.78 Å². The third-order valence-electron chi connectivity index (χ3n) is 5.87. The number of carbonyl (C=O) groups is 3. The summed E-state index contributed by atoms with van der Waals surface area (Å²) in [4.78, 5) is 43.4. The number of aromatic nitrogens is 1. The molecule has 1 saturated heterocycles. The van der Waals surface area contributed by atoms with Crippen LogP contribution in [0.3, 0.4) is 0 Å². The van der Waals surface area contributed by atoms with E-state index in [0.717, 1.165) is 0 Å². The van der Waals surface area contributed by atoms with E-state index in [1.165, 1.54) is 30.2 Å². The summed E-state index contributed by atoms with van der Waals surface area (Å²) in [6.07, 6.45) is 3.56. The number of amides is 2. The second-order valence-corrected chi connectivity index (χ2v) is 8.79. The van der Waals surface area contributed by atoms with Crippen molar-refractivity contribution >= 4 is 40.6 Å². The molecule has 1 aromatic carbocycles. The third kappa shape index (κ3) is 6.10. The van der Waals surface area contributed by atoms with Crippen LogP contribution in [0.5, 0.6) is 0 Å². The molecule has 2 aromatic rings. The largest absolute Gasteiger partial charge is 0.374 e. The van der Waals surface area contributed by atoms with Gasteiger partial charge in [0.25, 0.3) is 0 Å². The van der Waals surface area contributed by atoms with Crippen molar-refractivity contribution in [2.24, 2.45) is 5.92 Å². The number of carbonyl (C=O) groups excluding carboxylic acids is 3. The summed E-state index contributed by atoms with van der Waals surface area (Å²) >= 11 is 5.81. The summed E-state index contributed by atoms with van der Waals surface area (Å²) in [5, 5.41) is 13.7. The van der Waals surface area contributed by atoms with Crippen LogP contribution in [0.4, 0.5) is 10.1 Å². The van der Waals surface area contributed by atoms with Crippen molar-refractivity contribution in [3.05, 3.63) is 70.8 Å². The lowest BCUT2D eigenvalue weighted by molar-refractivity contribution is -0.137. The maximum atomic E-state index is 14.2. The van der Waals surface area contributed by atoms with Gasteiger partial charge in [-0.1, -0.05) is 29.8 Å². The molecule has 2 atom stereocenters. The van der Waals surface area contributed by atoms with Crippen LogP contribution in [0.2, 0.25) is 5.02 Å². The number of hydrogen-bond acceptors (Lipinski definition) is 6. The average molecular weight is 500 g/mol. The number of halogens is 2. The molecule has 1 aliphatic rings. The number of ketones is 1. The quantitative estimate of drug-likeness (QED) is 0.362. The first-order valence-electron chi connectivity index (χ1n) is 11.0. The molecular weight excluding hydrogens is 473 g/mol. The zero-order valence-electron chi connectivity index (χ0n) is 19.5. The van der Waals surface area contributed by atoms with Gasteiger partial charge in [0.1, 0.15) is 17.6 Å². The van der Waals surface area contributed by atoms with Crippen LogP contribution >= 0.6 is 11.6 Å². The Morgan fingerprint density at radius 1 is 1.37 bits per heavy atom. The highest BCUT2D eigenvalue weighted by atomic mass is 35.5. The van der Waals surface area contributed by atoms with E-state index in [-0.39, 0.29) is 41.2 Å². The van der Waals surface area contributed by atoms with Crippen LogP contribution in [0.15, 0.2) is 43.1 Å². The minimum Gasteiger partial charge on any atom is -0.374 e. The van der Waals surface area contributed by atoms with Crippen LogP contribution in [0, 0.1) is 24.1 Å². The Hall–Kier alpha value is -3.59. The molecule has 0 spiro atoms. The fourth-order valence-corrected chi connectivity index (χ4v) is 4.11. The molecule has 1 aromatic heterocycles. The lowest BCUT2D eigenvalue weighted by Gasteiger charge is -2.24. The van der Waals surface area contributed by atoms with E-state index in [1.54, 1.807) is 25.1 Å². The molecule has 1 fully saturated rings. The van der Waals surface area contributed by atoms with Gasteiger partial charge in [-0.3, -0.25) is 24.8 Å². The zero-order chi connectivity index (χ0) is 25.7. The SMILES string of the molecule is C=CC1C[C@@H](C(=O)NCc2cccc(Cl)c2F)N(C(=O)CNc2cnc(C)cc2C(=N)C(C)=O)C1. The van der Waals surface area contributed by atoms with Crippen molar-refractivity contribution in [1.82, 2.24) is 15.2 Å². The van der Waals surface area contributed by atoms with Crippen LogP contribution in [-0.4, -0.2) is 52.3 Å². The summed E-state index contributed by atoms with van der Waals surface area (Å²) in [5.74, 6) is -1.82. The van der Waals surface area contributed by atoms with Crippen molar-refractivity contribution in [1.29, 1.82) is 5.41 Å². The number of Topliss-reactive ketones (excluding diaryl/α,β-unsaturated/α-hetero) is 1. The number of nitrogens with zero attached hydrogens (tertiary/aromatic N) is 2. The van der Waals surface area contributed by atoms with E-state index in [1.807, 2.05) is 0 Å². The van der Waals surface area contributed by atoms with Gasteiger partial charge in [0.2, 0.25) is 11.8 Å². The first-order chi connectivity index (χ1) is 16.6. The first kappa shape index (κ1) is 26.0. The predicted octanol–water partition coefficient (Wildman–Crippen LogP) is 3.27. The highest BCUT2D eigenvalue weighted by molar-refractivity contribution is 6.45. The summed E-state index contributed by atoms with van der Waals surface area (Å²) in [6.45, 7) is 6.90. The normalized spacial score (nSPS) is 17.1. The summed E-state index contributed by atoms with van der Waals surface area (Å²) < 4.78 is 14.2. The van der Waals surface area contributed by atoms with Gasteiger partial charge in [-0.05, 0) is 31.4 Å². The molecule has 1 aliphatic heterocycles. The lowest BCUT2D eigenvalue weighted by Crippen LogP contribution is -2.47. The van der Waals surface area contributed by atoms with Gasteiger partial charge in [0, 0.05) is 36.8 Å². The molecule has 2 amide bonds. The van der Waals surface area contributed by atoms with E-state index >= 15 is 0 Å². The van der Waals surface area contributed by atoms with E-state index in [2.05, 4.69) is 22.2 Å². The van der Waals surface area contributed by atoms with Crippen molar-refractivity contribution in [2.75, 3.05) is 18.4 Å². The second-order valence-electron chi connectivity index (χ2n) is 8.38. The maximum Gasteiger partial charge on any atom is 0.243 e. The standard InChI is InChI=1S/C25H27ClFN5O3/c1-4-16-9-21(25(35)31-10-17-6-5-7-19(26)23(17)27)32(13-16)22(34)12-30-20-11-29-14(2)8-18(20)24(28)15(3)33/h4-8,11,16,21,28,30H,1,9-10,12-13H2,2-3H3,(H,31,35)/t16?,21-/m0/s1. The van der Waals surface area contributed by atoms with E-state index in [4.69, 9.17) is 17.0 Å². The third-order valence-corrected chi connectivity index (χ3v) is 6.16. The molecule has 8 nitrogen and oxygen atoms in total. The van der Waals surface area contributed by atoms with E-state index in [9.17, 15) is 18.8 Å². The van der Waals surface area contributed by atoms with Gasteiger partial charge in [-0.25, -0.2) is 4.39 Å². The van der Waals surface area contributed by atoms with E-state index in [0.29, 0.717) is 29.9 Å².